The average molecular weight is 302 g/mol. The van der Waals surface area contributed by atoms with Gasteiger partial charge >= 0.3 is 0 Å². The van der Waals surface area contributed by atoms with Gasteiger partial charge in [-0.15, -0.1) is 5.10 Å². The molecule has 1 amide bonds. The molecule has 1 N–H and O–H groups in total. The first kappa shape index (κ1) is 14.7. The fourth-order valence-electron chi connectivity index (χ4n) is 2.15. The molecular weight excluding hydrogens is 284 g/mol. The highest BCUT2D eigenvalue weighted by Gasteiger charge is 2.17. The molecule has 116 valence electrons. The molecule has 1 aliphatic rings. The number of aromatic nitrogens is 3. The maximum Gasteiger partial charge on any atom is 0.290 e. The van der Waals surface area contributed by atoms with Crippen LogP contribution in [0.1, 0.15) is 22.6 Å². The highest BCUT2D eigenvalue weighted by molar-refractivity contribution is 5.90. The SMILES string of the molecule is Cc1ccc(-n2cnc(C(=O)NCCC3OCCO3)n2)cc1. The van der Waals surface area contributed by atoms with Crippen LogP contribution in [-0.4, -0.2) is 46.7 Å². The van der Waals surface area contributed by atoms with Gasteiger partial charge in [-0.3, -0.25) is 4.79 Å². The van der Waals surface area contributed by atoms with Gasteiger partial charge in [0.2, 0.25) is 5.82 Å². The number of nitrogens with one attached hydrogen (secondary N) is 1. The number of hydrogen-bond acceptors (Lipinski definition) is 5. The van der Waals surface area contributed by atoms with E-state index < -0.39 is 0 Å². The average Bonchev–Trinajstić information content (AvgIpc) is 3.19. The van der Waals surface area contributed by atoms with Crippen molar-refractivity contribution in [2.75, 3.05) is 19.8 Å². The molecule has 0 spiro atoms. The van der Waals surface area contributed by atoms with E-state index in [4.69, 9.17) is 9.47 Å². The van der Waals surface area contributed by atoms with Gasteiger partial charge in [0.05, 0.1) is 18.9 Å². The van der Waals surface area contributed by atoms with E-state index in [9.17, 15) is 4.79 Å². The highest BCUT2D eigenvalue weighted by Crippen LogP contribution is 2.08. The molecule has 1 aromatic heterocycles. The van der Waals surface area contributed by atoms with Crippen molar-refractivity contribution >= 4 is 5.91 Å². The minimum Gasteiger partial charge on any atom is -0.350 e. The van der Waals surface area contributed by atoms with Gasteiger partial charge in [0.25, 0.3) is 5.91 Å². The number of benzene rings is 1. The number of hydrogen-bond donors (Lipinski definition) is 1. The normalized spacial score (nSPS) is 15.1. The predicted octanol–water partition coefficient (Wildman–Crippen LogP) is 1.07. The fraction of sp³-hybridized carbons (Fsp3) is 0.400. The summed E-state index contributed by atoms with van der Waals surface area (Å²) in [6.45, 7) is 3.70. The van der Waals surface area contributed by atoms with Crippen LogP contribution in [0, 0.1) is 6.92 Å². The van der Waals surface area contributed by atoms with E-state index in [0.29, 0.717) is 26.2 Å². The standard InChI is InChI=1S/C15H18N4O3/c1-11-2-4-12(5-3-11)19-10-17-14(18-19)15(20)16-7-6-13-21-8-9-22-13/h2-5,10,13H,6-9H2,1H3,(H,16,20). The van der Waals surface area contributed by atoms with Gasteiger partial charge < -0.3 is 14.8 Å². The zero-order valence-corrected chi connectivity index (χ0v) is 12.4. The van der Waals surface area contributed by atoms with Crippen molar-refractivity contribution < 1.29 is 14.3 Å². The van der Waals surface area contributed by atoms with E-state index in [1.54, 1.807) is 4.68 Å². The molecule has 1 aliphatic heterocycles. The van der Waals surface area contributed by atoms with E-state index in [0.717, 1.165) is 11.3 Å². The maximum atomic E-state index is 12.0. The minimum atomic E-state index is -0.302. The summed E-state index contributed by atoms with van der Waals surface area (Å²) in [7, 11) is 0. The Hall–Kier alpha value is -2.25. The van der Waals surface area contributed by atoms with Crippen molar-refractivity contribution in [1.82, 2.24) is 20.1 Å². The topological polar surface area (TPSA) is 78.3 Å². The molecule has 2 aromatic rings. The Balaban J connectivity index is 1.55. The van der Waals surface area contributed by atoms with Crippen LogP contribution in [0.5, 0.6) is 0 Å². The Bertz CT molecular complexity index is 632. The van der Waals surface area contributed by atoms with Crippen molar-refractivity contribution in [2.24, 2.45) is 0 Å². The lowest BCUT2D eigenvalue weighted by atomic mass is 10.2. The molecule has 0 aliphatic carbocycles. The fourth-order valence-corrected chi connectivity index (χ4v) is 2.15. The number of aryl methyl sites for hydroxylation is 1. The second kappa shape index (κ2) is 6.67. The van der Waals surface area contributed by atoms with Crippen LogP contribution in [0.15, 0.2) is 30.6 Å². The summed E-state index contributed by atoms with van der Waals surface area (Å²) in [4.78, 5) is 16.0. The lowest BCUT2D eigenvalue weighted by Gasteiger charge is -2.08. The predicted molar refractivity (Wildman–Crippen MR) is 78.7 cm³/mol. The number of ether oxygens (including phenoxy) is 2. The molecule has 3 rings (SSSR count). The van der Waals surface area contributed by atoms with E-state index in [2.05, 4.69) is 15.4 Å². The summed E-state index contributed by atoms with van der Waals surface area (Å²) in [5.41, 5.74) is 2.03. The molecule has 0 radical (unpaired) electrons. The molecule has 0 unspecified atom stereocenters. The molecule has 0 atom stereocenters. The van der Waals surface area contributed by atoms with Gasteiger partial charge in [-0.25, -0.2) is 9.67 Å². The van der Waals surface area contributed by atoms with Crippen molar-refractivity contribution in [3.05, 3.63) is 42.0 Å². The number of rotatable bonds is 5. The van der Waals surface area contributed by atoms with E-state index in [1.807, 2.05) is 31.2 Å². The molecule has 0 bridgehead atoms. The third-order valence-electron chi connectivity index (χ3n) is 3.35. The van der Waals surface area contributed by atoms with E-state index in [-0.39, 0.29) is 18.0 Å². The van der Waals surface area contributed by atoms with Gasteiger partial charge in [-0.2, -0.15) is 0 Å². The van der Waals surface area contributed by atoms with Crippen LogP contribution in [0.4, 0.5) is 0 Å². The molecule has 2 heterocycles. The van der Waals surface area contributed by atoms with Crippen molar-refractivity contribution in [3.63, 3.8) is 0 Å². The van der Waals surface area contributed by atoms with Crippen molar-refractivity contribution in [2.45, 2.75) is 19.6 Å². The smallest absolute Gasteiger partial charge is 0.290 e. The number of carbonyl (C=O) groups is 1. The summed E-state index contributed by atoms with van der Waals surface area (Å²) in [6.07, 6.45) is 1.92. The Morgan fingerprint density at radius 1 is 1.32 bits per heavy atom. The van der Waals surface area contributed by atoms with Crippen LogP contribution < -0.4 is 5.32 Å². The zero-order valence-electron chi connectivity index (χ0n) is 12.4. The van der Waals surface area contributed by atoms with Gasteiger partial charge in [0.1, 0.15) is 6.33 Å². The molecule has 22 heavy (non-hydrogen) atoms. The molecule has 1 fully saturated rings. The van der Waals surface area contributed by atoms with Crippen LogP contribution in [-0.2, 0) is 9.47 Å². The lowest BCUT2D eigenvalue weighted by Crippen LogP contribution is -2.28. The summed E-state index contributed by atoms with van der Waals surface area (Å²) in [6, 6.07) is 7.83. The van der Waals surface area contributed by atoms with Gasteiger partial charge in [-0.05, 0) is 19.1 Å². The number of amides is 1. The lowest BCUT2D eigenvalue weighted by molar-refractivity contribution is -0.0455. The second-order valence-electron chi connectivity index (χ2n) is 5.06. The van der Waals surface area contributed by atoms with Gasteiger partial charge in [-0.1, -0.05) is 17.7 Å². The third kappa shape index (κ3) is 3.49. The highest BCUT2D eigenvalue weighted by atomic mass is 16.7. The summed E-state index contributed by atoms with van der Waals surface area (Å²) >= 11 is 0. The van der Waals surface area contributed by atoms with Crippen LogP contribution in [0.3, 0.4) is 0 Å². The van der Waals surface area contributed by atoms with Crippen LogP contribution in [0.2, 0.25) is 0 Å². The molecule has 7 nitrogen and oxygen atoms in total. The summed E-state index contributed by atoms with van der Waals surface area (Å²) < 4.78 is 12.2. The Kier molecular flexibility index (Phi) is 4.45. The minimum absolute atomic E-state index is 0.147. The summed E-state index contributed by atoms with van der Waals surface area (Å²) in [5.74, 6) is -0.155. The Morgan fingerprint density at radius 2 is 2.05 bits per heavy atom. The van der Waals surface area contributed by atoms with Crippen molar-refractivity contribution in [1.29, 1.82) is 0 Å². The van der Waals surface area contributed by atoms with Crippen molar-refractivity contribution in [3.8, 4) is 5.69 Å². The summed E-state index contributed by atoms with van der Waals surface area (Å²) in [5, 5.41) is 6.95. The van der Waals surface area contributed by atoms with Gasteiger partial charge in [0, 0.05) is 13.0 Å². The largest absolute Gasteiger partial charge is 0.350 e. The first-order valence-electron chi connectivity index (χ1n) is 7.22. The quantitative estimate of drug-likeness (QED) is 0.894. The maximum absolute atomic E-state index is 12.0. The molecule has 1 aromatic carbocycles. The molecule has 7 heteroatoms. The van der Waals surface area contributed by atoms with Crippen LogP contribution in [0.25, 0.3) is 5.69 Å². The van der Waals surface area contributed by atoms with Gasteiger partial charge in [0.15, 0.2) is 6.29 Å². The first-order chi connectivity index (χ1) is 10.7. The third-order valence-corrected chi connectivity index (χ3v) is 3.35. The van der Waals surface area contributed by atoms with E-state index in [1.165, 1.54) is 6.33 Å². The first-order valence-corrected chi connectivity index (χ1v) is 7.22. The Labute approximate surface area is 128 Å². The monoisotopic (exact) mass is 302 g/mol. The molecular formula is C15H18N4O3. The van der Waals surface area contributed by atoms with Crippen LogP contribution >= 0.6 is 0 Å². The Morgan fingerprint density at radius 3 is 2.77 bits per heavy atom. The second-order valence-corrected chi connectivity index (χ2v) is 5.06. The number of nitrogens with zero attached hydrogens (tertiary/aromatic N) is 3. The number of carbonyl (C=O) groups excluding carboxylic acids is 1. The zero-order chi connectivity index (χ0) is 15.4. The molecule has 0 saturated carbocycles. The molecule has 1 saturated heterocycles. The van der Waals surface area contributed by atoms with E-state index >= 15 is 0 Å².